The molecule has 2 aliphatic rings. The lowest BCUT2D eigenvalue weighted by atomic mass is 9.76. The molecule has 0 aliphatic heterocycles. The van der Waals surface area contributed by atoms with Crippen molar-refractivity contribution in [2.45, 2.75) is 50.4 Å². The van der Waals surface area contributed by atoms with Crippen molar-refractivity contribution >= 4 is 0 Å². The van der Waals surface area contributed by atoms with E-state index in [2.05, 4.69) is 24.3 Å². The van der Waals surface area contributed by atoms with Crippen LogP contribution in [0.3, 0.4) is 0 Å². The van der Waals surface area contributed by atoms with Gasteiger partial charge in [-0.15, -0.1) is 0 Å². The lowest BCUT2D eigenvalue weighted by Crippen LogP contribution is -2.12. The lowest BCUT2D eigenvalue weighted by molar-refractivity contribution is 0.409. The van der Waals surface area contributed by atoms with Crippen molar-refractivity contribution in [3.8, 4) is 0 Å². The molecule has 14 heavy (non-hydrogen) atoms. The zero-order valence-electron chi connectivity index (χ0n) is 8.71. The summed E-state index contributed by atoms with van der Waals surface area (Å²) < 4.78 is 0. The van der Waals surface area contributed by atoms with E-state index in [1.807, 2.05) is 0 Å². The van der Waals surface area contributed by atoms with Crippen LogP contribution in [0.25, 0.3) is 0 Å². The summed E-state index contributed by atoms with van der Waals surface area (Å²) in [5, 5.41) is 0. The van der Waals surface area contributed by atoms with E-state index in [0.29, 0.717) is 0 Å². The first-order chi connectivity index (χ1) is 6.93. The van der Waals surface area contributed by atoms with Crippen LogP contribution in [0.1, 0.15) is 61.5 Å². The third kappa shape index (κ3) is 1.37. The molecule has 0 nitrogen and oxygen atoms in total. The molecule has 1 aromatic rings. The van der Waals surface area contributed by atoms with Crippen molar-refractivity contribution in [1.29, 1.82) is 0 Å². The molecule has 0 spiro atoms. The fourth-order valence-electron chi connectivity index (χ4n) is 2.55. The SMILES string of the molecule is c1cc(C2CCC2)cc(C2CCC2)c1. The number of benzene rings is 1. The fourth-order valence-corrected chi connectivity index (χ4v) is 2.55. The summed E-state index contributed by atoms with van der Waals surface area (Å²) in [5.74, 6) is 1.80. The number of hydrogen-bond acceptors (Lipinski definition) is 0. The Morgan fingerprint density at radius 3 is 1.64 bits per heavy atom. The van der Waals surface area contributed by atoms with Crippen molar-refractivity contribution < 1.29 is 0 Å². The smallest absolute Gasteiger partial charge is 0.0162 e. The number of hydrogen-bond donors (Lipinski definition) is 0. The van der Waals surface area contributed by atoms with Crippen molar-refractivity contribution in [2.24, 2.45) is 0 Å². The quantitative estimate of drug-likeness (QED) is 0.648. The summed E-state index contributed by atoms with van der Waals surface area (Å²) in [5.41, 5.74) is 3.22. The van der Waals surface area contributed by atoms with Gasteiger partial charge in [0.2, 0.25) is 0 Å². The molecule has 3 rings (SSSR count). The number of rotatable bonds is 2. The monoisotopic (exact) mass is 186 g/mol. The van der Waals surface area contributed by atoms with Gasteiger partial charge in [0.25, 0.3) is 0 Å². The van der Waals surface area contributed by atoms with Crippen LogP contribution in [0.4, 0.5) is 0 Å². The van der Waals surface area contributed by atoms with Crippen LogP contribution in [-0.4, -0.2) is 0 Å². The van der Waals surface area contributed by atoms with Gasteiger partial charge < -0.3 is 0 Å². The van der Waals surface area contributed by atoms with E-state index >= 15 is 0 Å². The molecule has 2 fully saturated rings. The summed E-state index contributed by atoms with van der Waals surface area (Å²) in [6.07, 6.45) is 8.58. The van der Waals surface area contributed by atoms with Gasteiger partial charge >= 0.3 is 0 Å². The Morgan fingerprint density at radius 2 is 1.29 bits per heavy atom. The lowest BCUT2D eigenvalue weighted by Gasteiger charge is -2.29. The van der Waals surface area contributed by atoms with Crippen LogP contribution >= 0.6 is 0 Å². The molecule has 0 heteroatoms. The Bertz CT molecular complexity index is 289. The predicted octanol–water partition coefficient (Wildman–Crippen LogP) is 4.22. The molecule has 2 saturated carbocycles. The van der Waals surface area contributed by atoms with Crippen LogP contribution in [0.5, 0.6) is 0 Å². The van der Waals surface area contributed by atoms with Crippen molar-refractivity contribution in [1.82, 2.24) is 0 Å². The molecular formula is C14H18. The van der Waals surface area contributed by atoms with Gasteiger partial charge in [0.05, 0.1) is 0 Å². The highest BCUT2D eigenvalue weighted by Crippen LogP contribution is 2.40. The van der Waals surface area contributed by atoms with E-state index in [4.69, 9.17) is 0 Å². The maximum absolute atomic E-state index is 2.48. The second-order valence-corrected chi connectivity index (χ2v) is 4.93. The molecule has 0 bridgehead atoms. The van der Waals surface area contributed by atoms with Gasteiger partial charge in [-0.25, -0.2) is 0 Å². The van der Waals surface area contributed by atoms with E-state index in [-0.39, 0.29) is 0 Å². The Kier molecular flexibility index (Phi) is 2.08. The summed E-state index contributed by atoms with van der Waals surface area (Å²) in [6.45, 7) is 0. The molecule has 0 unspecified atom stereocenters. The first kappa shape index (κ1) is 8.52. The summed E-state index contributed by atoms with van der Waals surface area (Å²) in [4.78, 5) is 0. The maximum Gasteiger partial charge on any atom is -0.0162 e. The van der Waals surface area contributed by atoms with E-state index in [0.717, 1.165) is 11.8 Å². The minimum Gasteiger partial charge on any atom is -0.0617 e. The molecule has 74 valence electrons. The van der Waals surface area contributed by atoms with E-state index in [1.54, 1.807) is 11.1 Å². The third-order valence-corrected chi connectivity index (χ3v) is 4.06. The zero-order valence-corrected chi connectivity index (χ0v) is 8.71. The van der Waals surface area contributed by atoms with E-state index in [1.165, 1.54) is 38.5 Å². The Balaban J connectivity index is 1.82. The normalized spacial score (nSPS) is 22.9. The van der Waals surface area contributed by atoms with Crippen LogP contribution in [0, 0.1) is 0 Å². The molecule has 0 aromatic heterocycles. The fraction of sp³-hybridized carbons (Fsp3) is 0.571. The molecule has 0 heterocycles. The third-order valence-electron chi connectivity index (χ3n) is 4.06. The van der Waals surface area contributed by atoms with Gasteiger partial charge in [-0.3, -0.25) is 0 Å². The second kappa shape index (κ2) is 3.42. The van der Waals surface area contributed by atoms with Crippen LogP contribution < -0.4 is 0 Å². The molecule has 1 aromatic carbocycles. The van der Waals surface area contributed by atoms with Crippen molar-refractivity contribution in [2.75, 3.05) is 0 Å². The van der Waals surface area contributed by atoms with Crippen LogP contribution in [-0.2, 0) is 0 Å². The molecule has 2 aliphatic carbocycles. The highest BCUT2D eigenvalue weighted by Gasteiger charge is 2.22. The van der Waals surface area contributed by atoms with Gasteiger partial charge in [-0.05, 0) is 48.6 Å². The van der Waals surface area contributed by atoms with Crippen LogP contribution in [0.15, 0.2) is 24.3 Å². The Labute approximate surface area is 86.3 Å². The van der Waals surface area contributed by atoms with Gasteiger partial charge in [0.15, 0.2) is 0 Å². The van der Waals surface area contributed by atoms with Crippen LogP contribution in [0.2, 0.25) is 0 Å². The highest BCUT2D eigenvalue weighted by molar-refractivity contribution is 5.30. The maximum atomic E-state index is 2.48. The van der Waals surface area contributed by atoms with Crippen molar-refractivity contribution in [3.63, 3.8) is 0 Å². The molecule has 0 amide bonds. The molecular weight excluding hydrogens is 168 g/mol. The first-order valence-corrected chi connectivity index (χ1v) is 6.03. The minimum atomic E-state index is 0.898. The average molecular weight is 186 g/mol. The van der Waals surface area contributed by atoms with E-state index < -0.39 is 0 Å². The predicted molar refractivity (Wildman–Crippen MR) is 59.6 cm³/mol. The largest absolute Gasteiger partial charge is 0.0617 e. The van der Waals surface area contributed by atoms with Gasteiger partial charge in [-0.1, -0.05) is 37.1 Å². The second-order valence-electron chi connectivity index (χ2n) is 4.93. The molecule has 0 N–H and O–H groups in total. The Morgan fingerprint density at radius 1 is 0.786 bits per heavy atom. The van der Waals surface area contributed by atoms with Gasteiger partial charge in [0.1, 0.15) is 0 Å². The van der Waals surface area contributed by atoms with Crippen molar-refractivity contribution in [3.05, 3.63) is 35.4 Å². The molecule has 0 atom stereocenters. The Hall–Kier alpha value is -0.780. The summed E-state index contributed by atoms with van der Waals surface area (Å²) in [6, 6.07) is 9.40. The van der Waals surface area contributed by atoms with Gasteiger partial charge in [0, 0.05) is 0 Å². The average Bonchev–Trinajstić information content (AvgIpc) is 1.98. The zero-order chi connectivity index (χ0) is 9.38. The highest BCUT2D eigenvalue weighted by atomic mass is 14.3. The topological polar surface area (TPSA) is 0 Å². The standard InChI is InChI=1S/C14H18/c1-4-11(5-1)13-8-3-9-14(10-13)12-6-2-7-12/h3,8-12H,1-2,4-7H2. The van der Waals surface area contributed by atoms with E-state index in [9.17, 15) is 0 Å². The molecule has 0 radical (unpaired) electrons. The molecule has 0 saturated heterocycles. The summed E-state index contributed by atoms with van der Waals surface area (Å²) in [7, 11) is 0. The summed E-state index contributed by atoms with van der Waals surface area (Å²) >= 11 is 0. The van der Waals surface area contributed by atoms with Gasteiger partial charge in [-0.2, -0.15) is 0 Å². The minimum absolute atomic E-state index is 0.898. The first-order valence-electron chi connectivity index (χ1n) is 6.03.